The summed E-state index contributed by atoms with van der Waals surface area (Å²) in [7, 11) is 0. The van der Waals surface area contributed by atoms with Crippen molar-refractivity contribution in [3.8, 4) is 0 Å². The lowest BCUT2D eigenvalue weighted by Gasteiger charge is -2.21. The van der Waals surface area contributed by atoms with Crippen LogP contribution < -0.4 is 5.32 Å². The molecule has 1 rings (SSSR count). The smallest absolute Gasteiger partial charge is 0.315 e. The Hall–Kier alpha value is -1.91. The number of anilines is 1. The molecular formula is C15H23N3O2. The zero-order chi connectivity index (χ0) is 15.0. The van der Waals surface area contributed by atoms with E-state index in [2.05, 4.69) is 17.2 Å². The number of aryl methyl sites for hydroxylation is 1. The molecule has 5 heteroatoms. The van der Waals surface area contributed by atoms with Crippen molar-refractivity contribution in [2.45, 2.75) is 40.0 Å². The van der Waals surface area contributed by atoms with E-state index >= 15 is 0 Å². The first-order valence-electron chi connectivity index (χ1n) is 7.12. The van der Waals surface area contributed by atoms with Crippen LogP contribution in [0.5, 0.6) is 0 Å². The van der Waals surface area contributed by atoms with Gasteiger partial charge in [-0.25, -0.2) is 4.98 Å². The lowest BCUT2D eigenvalue weighted by molar-refractivity contribution is -0.143. The fourth-order valence-corrected chi connectivity index (χ4v) is 1.85. The highest BCUT2D eigenvalue weighted by molar-refractivity contribution is 6.39. The van der Waals surface area contributed by atoms with E-state index in [9.17, 15) is 9.59 Å². The Labute approximate surface area is 120 Å². The van der Waals surface area contributed by atoms with Gasteiger partial charge in [-0.2, -0.15) is 0 Å². The van der Waals surface area contributed by atoms with Crippen LogP contribution >= 0.6 is 0 Å². The molecule has 0 saturated heterocycles. The van der Waals surface area contributed by atoms with E-state index in [1.54, 1.807) is 17.2 Å². The van der Waals surface area contributed by atoms with Crippen LogP contribution in [0.15, 0.2) is 18.3 Å². The fraction of sp³-hybridized carbons (Fsp3) is 0.533. The van der Waals surface area contributed by atoms with E-state index in [-0.39, 0.29) is 0 Å². The molecule has 0 aliphatic carbocycles. The third-order valence-electron chi connectivity index (χ3n) is 3.00. The van der Waals surface area contributed by atoms with Gasteiger partial charge in [-0.05, 0) is 31.4 Å². The van der Waals surface area contributed by atoms with Crippen molar-refractivity contribution in [2.24, 2.45) is 0 Å². The van der Waals surface area contributed by atoms with E-state index < -0.39 is 11.8 Å². The molecule has 5 nitrogen and oxygen atoms in total. The van der Waals surface area contributed by atoms with Crippen LogP contribution in [-0.2, 0) is 9.59 Å². The van der Waals surface area contributed by atoms with E-state index in [4.69, 9.17) is 0 Å². The molecule has 0 unspecified atom stereocenters. The Morgan fingerprint density at radius 1 is 1.25 bits per heavy atom. The zero-order valence-electron chi connectivity index (χ0n) is 12.5. The lowest BCUT2D eigenvalue weighted by Crippen LogP contribution is -2.40. The van der Waals surface area contributed by atoms with Gasteiger partial charge < -0.3 is 10.2 Å². The van der Waals surface area contributed by atoms with Crippen molar-refractivity contribution < 1.29 is 9.59 Å². The number of rotatable bonds is 6. The first kappa shape index (κ1) is 16.1. The van der Waals surface area contributed by atoms with Crippen LogP contribution in [-0.4, -0.2) is 34.8 Å². The molecule has 0 aliphatic heterocycles. The second kappa shape index (κ2) is 8.30. The molecule has 0 aromatic carbocycles. The molecule has 110 valence electrons. The van der Waals surface area contributed by atoms with Gasteiger partial charge >= 0.3 is 11.8 Å². The molecule has 20 heavy (non-hydrogen) atoms. The largest absolute Gasteiger partial charge is 0.334 e. The Kier molecular flexibility index (Phi) is 6.70. The highest BCUT2D eigenvalue weighted by atomic mass is 16.2. The van der Waals surface area contributed by atoms with Crippen LogP contribution in [0.1, 0.15) is 38.7 Å². The number of carbonyl (C=O) groups is 2. The highest BCUT2D eigenvalue weighted by Crippen LogP contribution is 2.09. The second-order valence-corrected chi connectivity index (χ2v) is 4.77. The number of nitrogens with one attached hydrogen (secondary N) is 1. The minimum atomic E-state index is -0.614. The minimum absolute atomic E-state index is 0.442. The first-order valence-corrected chi connectivity index (χ1v) is 7.12. The molecule has 0 bridgehead atoms. The highest BCUT2D eigenvalue weighted by Gasteiger charge is 2.21. The summed E-state index contributed by atoms with van der Waals surface area (Å²) in [4.78, 5) is 29.8. The van der Waals surface area contributed by atoms with Gasteiger partial charge in [0.05, 0.1) is 0 Å². The predicted molar refractivity (Wildman–Crippen MR) is 79.4 cm³/mol. The first-order chi connectivity index (χ1) is 9.60. The number of hydrogen-bond acceptors (Lipinski definition) is 3. The summed E-state index contributed by atoms with van der Waals surface area (Å²) >= 11 is 0. The van der Waals surface area contributed by atoms with Crippen molar-refractivity contribution in [3.63, 3.8) is 0 Å². The van der Waals surface area contributed by atoms with Crippen molar-refractivity contribution >= 4 is 17.6 Å². The van der Waals surface area contributed by atoms with Crippen LogP contribution in [0.3, 0.4) is 0 Å². The minimum Gasteiger partial charge on any atom is -0.334 e. The monoisotopic (exact) mass is 277 g/mol. The molecule has 0 fully saturated rings. The number of unbranched alkanes of at least 4 members (excludes halogenated alkanes) is 1. The summed E-state index contributed by atoms with van der Waals surface area (Å²) in [5.41, 5.74) is 0.837. The van der Waals surface area contributed by atoms with Gasteiger partial charge in [0.1, 0.15) is 5.82 Å². The van der Waals surface area contributed by atoms with Gasteiger partial charge in [0, 0.05) is 19.3 Å². The summed E-state index contributed by atoms with van der Waals surface area (Å²) in [6.07, 6.45) is 4.33. The van der Waals surface area contributed by atoms with E-state index in [1.165, 1.54) is 0 Å². The summed E-state index contributed by atoms with van der Waals surface area (Å²) < 4.78 is 0. The van der Waals surface area contributed by atoms with Gasteiger partial charge in [0.15, 0.2) is 0 Å². The maximum absolute atomic E-state index is 12.1. The van der Waals surface area contributed by atoms with Crippen molar-refractivity contribution in [2.75, 3.05) is 18.4 Å². The van der Waals surface area contributed by atoms with Crippen LogP contribution in [0.4, 0.5) is 5.82 Å². The Morgan fingerprint density at radius 3 is 2.60 bits per heavy atom. The maximum Gasteiger partial charge on any atom is 0.315 e. The topological polar surface area (TPSA) is 62.3 Å². The number of carbonyl (C=O) groups excluding carboxylic acids is 2. The van der Waals surface area contributed by atoms with Crippen LogP contribution in [0.25, 0.3) is 0 Å². The Bertz CT molecular complexity index is 460. The summed E-state index contributed by atoms with van der Waals surface area (Å²) in [6.45, 7) is 7.12. The molecule has 0 aliphatic rings. The van der Waals surface area contributed by atoms with E-state index in [1.807, 2.05) is 19.9 Å². The van der Waals surface area contributed by atoms with Crippen LogP contribution in [0.2, 0.25) is 0 Å². The molecule has 1 aromatic heterocycles. The number of aromatic nitrogens is 1. The average Bonchev–Trinajstić information content (AvgIpc) is 2.45. The van der Waals surface area contributed by atoms with Crippen molar-refractivity contribution in [3.05, 3.63) is 23.9 Å². The zero-order valence-corrected chi connectivity index (χ0v) is 12.5. The SMILES string of the molecule is CCCCN(CCC)C(=O)C(=O)Nc1ncccc1C. The molecule has 0 spiro atoms. The maximum atomic E-state index is 12.1. The summed E-state index contributed by atoms with van der Waals surface area (Å²) in [5, 5.41) is 2.58. The van der Waals surface area contributed by atoms with Gasteiger partial charge in [-0.15, -0.1) is 0 Å². The predicted octanol–water partition coefficient (Wildman–Crippen LogP) is 2.37. The molecule has 1 N–H and O–H groups in total. The summed E-state index contributed by atoms with van der Waals surface area (Å²) in [5.74, 6) is -0.653. The number of pyridine rings is 1. The van der Waals surface area contributed by atoms with Crippen LogP contribution in [0, 0.1) is 6.92 Å². The van der Waals surface area contributed by atoms with Crippen molar-refractivity contribution in [1.82, 2.24) is 9.88 Å². The fourth-order valence-electron chi connectivity index (χ4n) is 1.85. The third kappa shape index (κ3) is 4.64. The van der Waals surface area contributed by atoms with E-state index in [0.29, 0.717) is 18.9 Å². The normalized spacial score (nSPS) is 10.2. The molecule has 2 amide bonds. The molecule has 0 saturated carbocycles. The number of amides is 2. The third-order valence-corrected chi connectivity index (χ3v) is 3.00. The van der Waals surface area contributed by atoms with Gasteiger partial charge in [0.2, 0.25) is 0 Å². The molecule has 1 aromatic rings. The van der Waals surface area contributed by atoms with E-state index in [0.717, 1.165) is 24.8 Å². The number of hydrogen-bond donors (Lipinski definition) is 1. The standard InChI is InChI=1S/C15H23N3O2/c1-4-6-11-18(10-5-2)15(20)14(19)17-13-12(3)8-7-9-16-13/h7-9H,4-6,10-11H2,1-3H3,(H,16,17,19). The Balaban J connectivity index is 2.69. The number of nitrogens with zero attached hydrogens (tertiary/aromatic N) is 2. The molecule has 0 atom stereocenters. The second-order valence-electron chi connectivity index (χ2n) is 4.77. The quantitative estimate of drug-likeness (QED) is 0.812. The van der Waals surface area contributed by atoms with Gasteiger partial charge in [-0.3, -0.25) is 9.59 Å². The average molecular weight is 277 g/mol. The Morgan fingerprint density at radius 2 is 2.00 bits per heavy atom. The molecule has 1 heterocycles. The molecule has 0 radical (unpaired) electrons. The summed E-state index contributed by atoms with van der Waals surface area (Å²) in [6, 6.07) is 3.63. The molecular weight excluding hydrogens is 254 g/mol. The van der Waals surface area contributed by atoms with Gasteiger partial charge in [0.25, 0.3) is 0 Å². The van der Waals surface area contributed by atoms with Crippen molar-refractivity contribution in [1.29, 1.82) is 0 Å². The lowest BCUT2D eigenvalue weighted by atomic mass is 10.2. The van der Waals surface area contributed by atoms with Gasteiger partial charge in [-0.1, -0.05) is 26.3 Å².